The van der Waals surface area contributed by atoms with E-state index in [0.717, 1.165) is 26.8 Å². The number of hydrogen-bond acceptors (Lipinski definition) is 2. The average Bonchev–Trinajstić information content (AvgIpc) is 2.95. The molecular formula is C31H27NO2P2S. The molecule has 0 bridgehead atoms. The van der Waals surface area contributed by atoms with Gasteiger partial charge in [-0.05, 0) is 29.7 Å². The van der Waals surface area contributed by atoms with Crippen molar-refractivity contribution in [3.05, 3.63) is 151 Å². The van der Waals surface area contributed by atoms with Crippen LogP contribution in [0.2, 0.25) is 0 Å². The van der Waals surface area contributed by atoms with Crippen LogP contribution in [-0.4, -0.2) is 8.42 Å². The van der Waals surface area contributed by atoms with Crippen LogP contribution < -0.4 is 21.2 Å². The molecule has 0 aliphatic carbocycles. The van der Waals surface area contributed by atoms with E-state index in [-0.39, 0.29) is 4.90 Å². The first-order chi connectivity index (χ1) is 18.0. The first-order valence-corrected chi connectivity index (χ1v) is 17.2. The highest BCUT2D eigenvalue weighted by molar-refractivity contribution is 8.46. The van der Waals surface area contributed by atoms with E-state index in [1.165, 1.54) is 0 Å². The van der Waals surface area contributed by atoms with Crippen molar-refractivity contribution >= 4 is 45.6 Å². The van der Waals surface area contributed by atoms with Crippen LogP contribution in [0.25, 0.3) is 0 Å². The second-order valence-electron chi connectivity index (χ2n) is 8.63. The summed E-state index contributed by atoms with van der Waals surface area (Å²) in [6, 6.07) is 47.4. The molecule has 184 valence electrons. The van der Waals surface area contributed by atoms with E-state index in [4.69, 9.17) is 4.15 Å². The fourth-order valence-electron chi connectivity index (χ4n) is 4.32. The molecule has 0 spiro atoms. The van der Waals surface area contributed by atoms with E-state index in [1.807, 2.05) is 116 Å². The molecule has 0 heterocycles. The van der Waals surface area contributed by atoms with Crippen LogP contribution in [0.1, 0.15) is 5.56 Å². The standard InChI is InChI=1S/C31H27NO2P2S/c1-26-22-24-31(25-23-26)37(33,34)32-36(29-18-10-4-11-19-29,30-20-12-5-13-21-30)35(27-14-6-2-7-15-27)28-16-8-3-9-17-28/h2-25H,1H3. The monoisotopic (exact) mass is 539 g/mol. The summed E-state index contributed by atoms with van der Waals surface area (Å²) < 4.78 is 33.3. The molecule has 6 heteroatoms. The molecular weight excluding hydrogens is 512 g/mol. The lowest BCUT2D eigenvalue weighted by atomic mass is 10.2. The normalized spacial score (nSPS) is 11.8. The molecule has 37 heavy (non-hydrogen) atoms. The minimum Gasteiger partial charge on any atom is -0.199 e. The van der Waals surface area contributed by atoms with Crippen LogP contribution in [0, 0.1) is 6.92 Å². The van der Waals surface area contributed by atoms with Crippen LogP contribution in [-0.2, 0) is 10.0 Å². The summed E-state index contributed by atoms with van der Waals surface area (Å²) in [6.07, 6.45) is 0. The summed E-state index contributed by atoms with van der Waals surface area (Å²) in [5, 5.41) is 4.06. The highest BCUT2D eigenvalue weighted by atomic mass is 32.2. The predicted octanol–water partition coefficient (Wildman–Crippen LogP) is 6.58. The maximum absolute atomic E-state index is 14.1. The molecule has 0 aliphatic rings. The highest BCUT2D eigenvalue weighted by Gasteiger charge is 2.39. The Hall–Kier alpha value is -3.29. The molecule has 0 radical (unpaired) electrons. The van der Waals surface area contributed by atoms with Crippen molar-refractivity contribution in [3.8, 4) is 0 Å². The molecule has 0 saturated carbocycles. The molecule has 0 aromatic heterocycles. The molecule has 5 aromatic carbocycles. The van der Waals surface area contributed by atoms with Gasteiger partial charge in [-0.15, -0.1) is 0 Å². The molecule has 0 amide bonds. The van der Waals surface area contributed by atoms with Crippen LogP contribution in [0.3, 0.4) is 0 Å². The molecule has 3 nitrogen and oxygen atoms in total. The Balaban J connectivity index is 1.96. The number of hydrogen-bond donors (Lipinski definition) is 0. The van der Waals surface area contributed by atoms with Crippen molar-refractivity contribution in [1.29, 1.82) is 0 Å². The van der Waals surface area contributed by atoms with Gasteiger partial charge in [0.1, 0.15) is 0 Å². The number of rotatable bonds is 7. The largest absolute Gasteiger partial charge is 0.281 e. The van der Waals surface area contributed by atoms with E-state index < -0.39 is 24.4 Å². The van der Waals surface area contributed by atoms with E-state index in [2.05, 4.69) is 24.3 Å². The Bertz CT molecular complexity index is 1540. The van der Waals surface area contributed by atoms with Crippen LogP contribution in [0.5, 0.6) is 0 Å². The summed E-state index contributed by atoms with van der Waals surface area (Å²) in [6.45, 7) is -1.00. The number of benzene rings is 5. The van der Waals surface area contributed by atoms with Gasteiger partial charge in [0, 0.05) is 18.2 Å². The second-order valence-corrected chi connectivity index (χ2v) is 17.5. The smallest absolute Gasteiger partial charge is 0.199 e. The summed E-state index contributed by atoms with van der Waals surface area (Å²) in [5.41, 5.74) is 1.00. The quantitative estimate of drug-likeness (QED) is 0.219. The third-order valence-electron chi connectivity index (χ3n) is 6.07. The van der Waals surface area contributed by atoms with Gasteiger partial charge < -0.3 is 0 Å². The van der Waals surface area contributed by atoms with Gasteiger partial charge in [0.05, 0.1) is 11.6 Å². The lowest BCUT2D eigenvalue weighted by molar-refractivity contribution is 0.598. The van der Waals surface area contributed by atoms with Crippen LogP contribution >= 0.6 is 14.4 Å². The number of sulfonamides is 1. The summed E-state index contributed by atoms with van der Waals surface area (Å²) in [7, 11) is -5.25. The molecule has 0 aliphatic heterocycles. The Kier molecular flexibility index (Phi) is 7.53. The fourth-order valence-corrected chi connectivity index (χ4v) is 17.8. The number of nitrogens with zero attached hydrogens (tertiary/aromatic N) is 1. The first kappa shape index (κ1) is 25.4. The fraction of sp³-hybridized carbons (Fsp3) is 0.0323. The van der Waals surface area contributed by atoms with Crippen LogP contribution in [0.4, 0.5) is 0 Å². The Morgan fingerprint density at radius 3 is 1.32 bits per heavy atom. The lowest BCUT2D eigenvalue weighted by Crippen LogP contribution is -2.24. The molecule has 0 atom stereocenters. The Morgan fingerprint density at radius 1 is 0.541 bits per heavy atom. The van der Waals surface area contributed by atoms with E-state index in [0.29, 0.717) is 0 Å². The maximum atomic E-state index is 14.1. The average molecular weight is 540 g/mol. The van der Waals surface area contributed by atoms with Gasteiger partial charge in [-0.1, -0.05) is 139 Å². The van der Waals surface area contributed by atoms with Crippen molar-refractivity contribution in [2.75, 3.05) is 0 Å². The van der Waals surface area contributed by atoms with Gasteiger partial charge in [0.2, 0.25) is 0 Å². The predicted molar refractivity (Wildman–Crippen MR) is 159 cm³/mol. The Labute approximate surface area is 220 Å². The van der Waals surface area contributed by atoms with Gasteiger partial charge in [0.15, 0.2) is 0 Å². The maximum Gasteiger partial charge on any atom is 0.281 e. The van der Waals surface area contributed by atoms with E-state index in [1.54, 1.807) is 12.1 Å². The van der Waals surface area contributed by atoms with Crippen molar-refractivity contribution in [2.45, 2.75) is 11.8 Å². The van der Waals surface area contributed by atoms with Gasteiger partial charge in [-0.3, -0.25) is 0 Å². The third kappa shape index (κ3) is 5.24. The van der Waals surface area contributed by atoms with Crippen molar-refractivity contribution in [1.82, 2.24) is 0 Å². The van der Waals surface area contributed by atoms with Gasteiger partial charge >= 0.3 is 0 Å². The topological polar surface area (TPSA) is 46.5 Å². The molecule has 5 rings (SSSR count). The molecule has 0 fully saturated rings. The Morgan fingerprint density at radius 2 is 0.919 bits per heavy atom. The SMILES string of the molecule is Cc1ccc(S(=O)(=O)N=P(c2ccccc2)(c2ccccc2)P(c2ccccc2)c2ccccc2)cc1. The molecule has 0 saturated heterocycles. The molecule has 0 unspecified atom stereocenters. The zero-order valence-corrected chi connectivity index (χ0v) is 23.0. The third-order valence-corrected chi connectivity index (χ3v) is 18.1. The number of aryl methyl sites for hydroxylation is 1. The van der Waals surface area contributed by atoms with Crippen molar-refractivity contribution in [2.24, 2.45) is 4.15 Å². The summed E-state index contributed by atoms with van der Waals surface area (Å²) >= 11 is 0. The lowest BCUT2D eigenvalue weighted by Gasteiger charge is -2.34. The van der Waals surface area contributed by atoms with Gasteiger partial charge in [0.25, 0.3) is 10.0 Å². The minimum atomic E-state index is -4.00. The molecule has 0 N–H and O–H groups in total. The molecule has 5 aromatic rings. The summed E-state index contributed by atoms with van der Waals surface area (Å²) in [4.78, 5) is 0.213. The zero-order chi connectivity index (χ0) is 25.7. The van der Waals surface area contributed by atoms with Gasteiger partial charge in [-0.25, -0.2) is 0 Å². The first-order valence-electron chi connectivity index (χ1n) is 12.0. The van der Waals surface area contributed by atoms with E-state index in [9.17, 15) is 8.42 Å². The van der Waals surface area contributed by atoms with E-state index >= 15 is 0 Å². The van der Waals surface area contributed by atoms with Crippen molar-refractivity contribution < 1.29 is 8.42 Å². The second kappa shape index (κ2) is 11.0. The minimum absolute atomic E-state index is 0.213. The van der Waals surface area contributed by atoms with Crippen LogP contribution in [0.15, 0.2) is 155 Å². The van der Waals surface area contributed by atoms with Gasteiger partial charge in [-0.2, -0.15) is 12.6 Å². The zero-order valence-electron chi connectivity index (χ0n) is 20.4. The highest BCUT2D eigenvalue weighted by Crippen LogP contribution is 2.75. The summed E-state index contributed by atoms with van der Waals surface area (Å²) in [5.74, 6) is 0. The van der Waals surface area contributed by atoms with Crippen molar-refractivity contribution in [3.63, 3.8) is 0 Å².